The van der Waals surface area contributed by atoms with Crippen molar-refractivity contribution in [2.45, 2.75) is 6.92 Å². The van der Waals surface area contributed by atoms with Gasteiger partial charge in [-0.3, -0.25) is 0 Å². The van der Waals surface area contributed by atoms with E-state index in [-0.39, 0.29) is 5.69 Å². The zero-order valence-electron chi connectivity index (χ0n) is 6.33. The van der Waals surface area contributed by atoms with Gasteiger partial charge in [-0.25, -0.2) is 0 Å². The maximum atomic E-state index is 11.9. The van der Waals surface area contributed by atoms with Gasteiger partial charge in [0.1, 0.15) is 0 Å². The third-order valence-electron chi connectivity index (χ3n) is 1.21. The SMILES string of the molecule is Cc1cccc(N=S(=O)(F)F)c1. The lowest BCUT2D eigenvalue weighted by atomic mass is 10.2. The Bertz CT molecular complexity index is 388. The highest BCUT2D eigenvalue weighted by Crippen LogP contribution is 2.17. The number of benzene rings is 1. The molecule has 1 rings (SSSR count). The molecular formula is C7H7F2NOS. The molecule has 0 spiro atoms. The third kappa shape index (κ3) is 2.96. The predicted octanol–water partition coefficient (Wildman–Crippen LogP) is 2.86. The van der Waals surface area contributed by atoms with Crippen LogP contribution in [0.25, 0.3) is 0 Å². The van der Waals surface area contributed by atoms with E-state index in [1.807, 2.05) is 0 Å². The van der Waals surface area contributed by atoms with Crippen molar-refractivity contribution in [3.05, 3.63) is 29.8 Å². The molecule has 2 nitrogen and oxygen atoms in total. The Hall–Kier alpha value is -0.970. The molecule has 0 bridgehead atoms. The number of hydrogen-bond acceptors (Lipinski definition) is 2. The maximum absolute atomic E-state index is 11.9. The molecule has 0 atom stereocenters. The van der Waals surface area contributed by atoms with Crippen LogP contribution >= 0.6 is 0 Å². The van der Waals surface area contributed by atoms with E-state index in [1.54, 1.807) is 19.1 Å². The maximum Gasteiger partial charge on any atom is 0.371 e. The van der Waals surface area contributed by atoms with Crippen molar-refractivity contribution in [1.82, 2.24) is 0 Å². The first-order valence-electron chi connectivity index (χ1n) is 3.20. The molecular weight excluding hydrogens is 184 g/mol. The Balaban J connectivity index is 3.15. The van der Waals surface area contributed by atoms with Crippen LogP contribution in [0.3, 0.4) is 0 Å². The molecule has 0 N–H and O–H groups in total. The molecule has 0 radical (unpaired) electrons. The fraction of sp³-hybridized carbons (Fsp3) is 0.143. The normalized spacial score (nSPS) is 11.2. The van der Waals surface area contributed by atoms with Crippen molar-refractivity contribution in [3.63, 3.8) is 0 Å². The molecule has 0 aromatic heterocycles. The largest absolute Gasteiger partial charge is 0.371 e. The second-order valence-corrected chi connectivity index (χ2v) is 3.30. The van der Waals surface area contributed by atoms with Gasteiger partial charge in [0.05, 0.1) is 5.69 Å². The van der Waals surface area contributed by atoms with Gasteiger partial charge in [0, 0.05) is 0 Å². The average Bonchev–Trinajstić information content (AvgIpc) is 1.82. The van der Waals surface area contributed by atoms with Crippen LogP contribution in [0.4, 0.5) is 13.5 Å². The average molecular weight is 191 g/mol. The van der Waals surface area contributed by atoms with Crippen molar-refractivity contribution in [3.8, 4) is 0 Å². The lowest BCUT2D eigenvalue weighted by Gasteiger charge is -1.93. The molecule has 66 valence electrons. The van der Waals surface area contributed by atoms with E-state index in [2.05, 4.69) is 4.36 Å². The predicted molar refractivity (Wildman–Crippen MR) is 43.6 cm³/mol. The number of rotatable bonds is 1. The molecule has 0 saturated heterocycles. The van der Waals surface area contributed by atoms with Crippen molar-refractivity contribution >= 4 is 16.2 Å². The first-order chi connectivity index (χ1) is 5.47. The number of halogens is 2. The number of aryl methyl sites for hydroxylation is 1. The van der Waals surface area contributed by atoms with E-state index in [0.717, 1.165) is 5.56 Å². The second-order valence-electron chi connectivity index (χ2n) is 2.33. The molecule has 1 aromatic carbocycles. The lowest BCUT2D eigenvalue weighted by Crippen LogP contribution is -1.76. The van der Waals surface area contributed by atoms with Crippen LogP contribution in [0.1, 0.15) is 5.56 Å². The molecule has 0 aliphatic rings. The Morgan fingerprint density at radius 3 is 2.58 bits per heavy atom. The number of nitrogens with zero attached hydrogens (tertiary/aromatic N) is 1. The highest BCUT2D eigenvalue weighted by atomic mass is 32.3. The van der Waals surface area contributed by atoms with Gasteiger partial charge in [0.2, 0.25) is 0 Å². The van der Waals surface area contributed by atoms with Crippen molar-refractivity contribution in [1.29, 1.82) is 0 Å². The van der Waals surface area contributed by atoms with Gasteiger partial charge in [-0.1, -0.05) is 19.9 Å². The van der Waals surface area contributed by atoms with Crippen LogP contribution in [0.5, 0.6) is 0 Å². The Labute approximate surface area is 70.0 Å². The van der Waals surface area contributed by atoms with Crippen LogP contribution in [-0.4, -0.2) is 4.21 Å². The molecule has 0 amide bonds. The highest BCUT2D eigenvalue weighted by Gasteiger charge is 2.00. The van der Waals surface area contributed by atoms with Gasteiger partial charge >= 0.3 is 10.5 Å². The fourth-order valence-electron chi connectivity index (χ4n) is 0.807. The first kappa shape index (κ1) is 9.12. The molecule has 0 heterocycles. The van der Waals surface area contributed by atoms with E-state index in [0.29, 0.717) is 0 Å². The minimum Gasteiger partial charge on any atom is -0.180 e. The molecule has 0 fully saturated rings. The van der Waals surface area contributed by atoms with Gasteiger partial charge in [-0.05, 0) is 24.6 Å². The Morgan fingerprint density at radius 1 is 1.42 bits per heavy atom. The zero-order chi connectivity index (χ0) is 9.19. The summed E-state index contributed by atoms with van der Waals surface area (Å²) in [5, 5.41) is 0. The van der Waals surface area contributed by atoms with Crippen LogP contribution in [0.2, 0.25) is 0 Å². The smallest absolute Gasteiger partial charge is 0.180 e. The minimum atomic E-state index is -5.02. The lowest BCUT2D eigenvalue weighted by molar-refractivity contribution is 0.588. The fourth-order valence-corrected chi connectivity index (χ4v) is 1.17. The van der Waals surface area contributed by atoms with E-state index in [1.165, 1.54) is 12.1 Å². The summed E-state index contributed by atoms with van der Waals surface area (Å²) in [5.41, 5.74) is 0.852. The summed E-state index contributed by atoms with van der Waals surface area (Å²) in [6, 6.07) is 6.15. The van der Waals surface area contributed by atoms with Gasteiger partial charge in [-0.15, -0.1) is 4.36 Å². The summed E-state index contributed by atoms with van der Waals surface area (Å²) < 4.78 is 36.5. The van der Waals surface area contributed by atoms with Gasteiger partial charge < -0.3 is 0 Å². The van der Waals surface area contributed by atoms with Gasteiger partial charge in [0.25, 0.3) is 0 Å². The standard InChI is InChI=1S/C7H7F2NOS/c1-6-3-2-4-7(5-6)10-12(8,9)11/h2-5H,1H3. The second kappa shape index (κ2) is 3.18. The van der Waals surface area contributed by atoms with Crippen LogP contribution in [0.15, 0.2) is 28.6 Å². The van der Waals surface area contributed by atoms with Crippen LogP contribution in [0, 0.1) is 6.92 Å². The highest BCUT2D eigenvalue weighted by molar-refractivity contribution is 7.83. The molecule has 1 aromatic rings. The van der Waals surface area contributed by atoms with Gasteiger partial charge in [0.15, 0.2) is 0 Å². The summed E-state index contributed by atoms with van der Waals surface area (Å²) in [4.78, 5) is 0. The summed E-state index contributed by atoms with van der Waals surface area (Å²) >= 11 is 0. The molecule has 0 saturated carbocycles. The Kier molecular flexibility index (Phi) is 2.42. The number of hydrogen-bond donors (Lipinski definition) is 0. The van der Waals surface area contributed by atoms with Crippen LogP contribution in [-0.2, 0) is 10.5 Å². The minimum absolute atomic E-state index is 0.0463. The molecule has 0 aliphatic heterocycles. The molecule has 0 unspecified atom stereocenters. The summed E-state index contributed by atoms with van der Waals surface area (Å²) in [5.74, 6) is 0. The Morgan fingerprint density at radius 2 is 2.08 bits per heavy atom. The van der Waals surface area contributed by atoms with E-state index < -0.39 is 10.5 Å². The van der Waals surface area contributed by atoms with E-state index >= 15 is 0 Å². The van der Waals surface area contributed by atoms with Crippen molar-refractivity contribution in [2.24, 2.45) is 4.36 Å². The van der Waals surface area contributed by atoms with E-state index in [9.17, 15) is 12.0 Å². The quantitative estimate of drug-likeness (QED) is 0.627. The van der Waals surface area contributed by atoms with E-state index in [4.69, 9.17) is 0 Å². The van der Waals surface area contributed by atoms with Crippen molar-refractivity contribution < 1.29 is 12.0 Å². The summed E-state index contributed by atoms with van der Waals surface area (Å²) in [7, 11) is -5.02. The molecule has 12 heavy (non-hydrogen) atoms. The molecule has 0 aliphatic carbocycles. The first-order valence-corrected chi connectivity index (χ1v) is 4.52. The van der Waals surface area contributed by atoms with Crippen LogP contribution < -0.4 is 0 Å². The van der Waals surface area contributed by atoms with Gasteiger partial charge in [-0.2, -0.15) is 4.21 Å². The zero-order valence-corrected chi connectivity index (χ0v) is 7.15. The summed E-state index contributed by atoms with van der Waals surface area (Å²) in [6.07, 6.45) is 0. The monoisotopic (exact) mass is 191 g/mol. The summed E-state index contributed by atoms with van der Waals surface area (Å²) in [6.45, 7) is 1.75. The molecule has 5 heteroatoms. The topological polar surface area (TPSA) is 29.4 Å². The van der Waals surface area contributed by atoms with Crippen molar-refractivity contribution in [2.75, 3.05) is 0 Å². The third-order valence-corrected chi connectivity index (χ3v) is 1.64.